The van der Waals surface area contributed by atoms with Gasteiger partial charge in [0.15, 0.2) is 0 Å². The number of nitrogen functional groups attached to an aromatic ring is 1. The number of nitrogens with zero attached hydrogens (tertiary/aromatic N) is 1. The number of hydrogen-bond acceptors (Lipinski definition) is 6. The van der Waals surface area contributed by atoms with E-state index in [0.29, 0.717) is 22.8 Å². The third kappa shape index (κ3) is 2.30. The maximum atomic E-state index is 11.5. The maximum Gasteiger partial charge on any atom is 0.341 e. The molecule has 0 saturated carbocycles. The number of carbonyl (C=O) groups excluding carboxylic acids is 1. The Morgan fingerprint density at radius 1 is 1.37 bits per heavy atom. The number of hydrogen-bond donors (Lipinski definition) is 3. The van der Waals surface area contributed by atoms with Crippen molar-refractivity contribution in [2.24, 2.45) is 0 Å². The van der Waals surface area contributed by atoms with Crippen LogP contribution < -0.4 is 10.5 Å². The minimum atomic E-state index is -0.645. The third-order valence-electron chi connectivity index (χ3n) is 2.61. The molecule has 0 bridgehead atoms. The van der Waals surface area contributed by atoms with Crippen LogP contribution in [0, 0.1) is 0 Å². The Labute approximate surface area is 109 Å². The molecule has 1 aromatic heterocycles. The molecule has 1 aromatic carbocycles. The highest BCUT2D eigenvalue weighted by molar-refractivity contribution is 5.94. The van der Waals surface area contributed by atoms with Crippen molar-refractivity contribution in [2.75, 3.05) is 20.0 Å². The number of nitrogens with one attached hydrogen (secondary N) is 1. The molecule has 4 N–H and O–H groups in total. The van der Waals surface area contributed by atoms with Crippen LogP contribution in [0.15, 0.2) is 18.2 Å². The summed E-state index contributed by atoms with van der Waals surface area (Å²) in [7, 11) is 2.69. The standard InChI is InChI=1S/C12H13N3O4/c1-18-10-5-9(16)7(12(17)19-2)3-6(10)8-4-11(13)15-14-8/h3-5,16H,1-2H3,(H3,13,14,15). The van der Waals surface area contributed by atoms with Gasteiger partial charge in [-0.3, -0.25) is 5.10 Å². The van der Waals surface area contributed by atoms with E-state index in [1.165, 1.54) is 26.4 Å². The predicted octanol–water partition coefficient (Wildman–Crippen LogP) is 1.16. The minimum Gasteiger partial charge on any atom is -0.507 e. The number of carbonyl (C=O) groups is 1. The number of methoxy groups -OCH3 is 2. The molecule has 0 aliphatic heterocycles. The molecule has 0 fully saturated rings. The van der Waals surface area contributed by atoms with Crippen LogP contribution in [0.3, 0.4) is 0 Å². The molecule has 0 spiro atoms. The number of aromatic amines is 1. The number of H-pyrrole nitrogens is 1. The van der Waals surface area contributed by atoms with Gasteiger partial charge >= 0.3 is 5.97 Å². The van der Waals surface area contributed by atoms with Crippen LogP contribution in [0.5, 0.6) is 11.5 Å². The zero-order chi connectivity index (χ0) is 14.0. The average Bonchev–Trinajstić information content (AvgIpc) is 2.83. The number of esters is 1. The SMILES string of the molecule is COC(=O)c1cc(-c2cc(N)n[nH]2)c(OC)cc1O. The van der Waals surface area contributed by atoms with Crippen LogP contribution in [0.1, 0.15) is 10.4 Å². The molecule has 0 saturated heterocycles. The number of aromatic nitrogens is 2. The lowest BCUT2D eigenvalue weighted by atomic mass is 10.1. The fourth-order valence-electron chi connectivity index (χ4n) is 1.70. The van der Waals surface area contributed by atoms with Crippen LogP contribution in [-0.2, 0) is 4.74 Å². The largest absolute Gasteiger partial charge is 0.507 e. The number of aromatic hydroxyl groups is 1. The molecule has 0 aliphatic carbocycles. The monoisotopic (exact) mass is 263 g/mol. The van der Waals surface area contributed by atoms with Crippen molar-refractivity contribution in [3.8, 4) is 22.8 Å². The summed E-state index contributed by atoms with van der Waals surface area (Å²) in [6.07, 6.45) is 0. The van der Waals surface area contributed by atoms with Gasteiger partial charge in [0.05, 0.1) is 19.9 Å². The van der Waals surface area contributed by atoms with Gasteiger partial charge in [0.25, 0.3) is 0 Å². The lowest BCUT2D eigenvalue weighted by molar-refractivity contribution is 0.0597. The van der Waals surface area contributed by atoms with E-state index in [1.54, 1.807) is 6.07 Å². The van der Waals surface area contributed by atoms with Gasteiger partial charge in [-0.1, -0.05) is 0 Å². The van der Waals surface area contributed by atoms with E-state index in [9.17, 15) is 9.90 Å². The van der Waals surface area contributed by atoms with Gasteiger partial charge in [-0.05, 0) is 6.07 Å². The van der Waals surface area contributed by atoms with Crippen LogP contribution >= 0.6 is 0 Å². The molecule has 7 heteroatoms. The molecule has 100 valence electrons. The molecular formula is C12H13N3O4. The van der Waals surface area contributed by atoms with Crippen molar-refractivity contribution < 1.29 is 19.4 Å². The highest BCUT2D eigenvalue weighted by Gasteiger charge is 2.18. The molecule has 7 nitrogen and oxygen atoms in total. The van der Waals surface area contributed by atoms with E-state index >= 15 is 0 Å². The Balaban J connectivity index is 2.61. The first-order valence-electron chi connectivity index (χ1n) is 5.37. The molecule has 0 radical (unpaired) electrons. The van der Waals surface area contributed by atoms with E-state index in [4.69, 9.17) is 10.5 Å². The lowest BCUT2D eigenvalue weighted by Gasteiger charge is -2.10. The first-order valence-corrected chi connectivity index (χ1v) is 5.37. The van der Waals surface area contributed by atoms with E-state index < -0.39 is 5.97 Å². The second kappa shape index (κ2) is 4.89. The molecule has 0 aliphatic rings. The Kier molecular flexibility index (Phi) is 3.28. The Morgan fingerprint density at radius 3 is 2.63 bits per heavy atom. The summed E-state index contributed by atoms with van der Waals surface area (Å²) >= 11 is 0. The second-order valence-corrected chi connectivity index (χ2v) is 3.77. The van der Waals surface area contributed by atoms with Crippen LogP contribution in [0.2, 0.25) is 0 Å². The Bertz CT molecular complexity index is 621. The van der Waals surface area contributed by atoms with Crippen molar-refractivity contribution in [3.05, 3.63) is 23.8 Å². The Morgan fingerprint density at radius 2 is 2.11 bits per heavy atom. The maximum absolute atomic E-state index is 11.5. The summed E-state index contributed by atoms with van der Waals surface area (Å²) in [4.78, 5) is 11.5. The number of rotatable bonds is 3. The molecular weight excluding hydrogens is 250 g/mol. The van der Waals surface area contributed by atoms with Crippen molar-refractivity contribution in [1.82, 2.24) is 10.2 Å². The number of phenolic OH excluding ortho intramolecular Hbond substituents is 1. The summed E-state index contributed by atoms with van der Waals surface area (Å²) in [6, 6.07) is 4.38. The summed E-state index contributed by atoms with van der Waals surface area (Å²) in [5.74, 6) is -0.174. The minimum absolute atomic E-state index is 0.0338. The zero-order valence-corrected chi connectivity index (χ0v) is 10.4. The second-order valence-electron chi connectivity index (χ2n) is 3.77. The fourth-order valence-corrected chi connectivity index (χ4v) is 1.70. The van der Waals surface area contributed by atoms with Crippen molar-refractivity contribution in [2.45, 2.75) is 0 Å². The van der Waals surface area contributed by atoms with E-state index in [-0.39, 0.29) is 11.3 Å². The number of ether oxygens (including phenoxy) is 2. The topological polar surface area (TPSA) is 110 Å². The molecule has 2 rings (SSSR count). The molecule has 1 heterocycles. The summed E-state index contributed by atoms with van der Waals surface area (Å²) < 4.78 is 9.75. The smallest absolute Gasteiger partial charge is 0.341 e. The van der Waals surface area contributed by atoms with Gasteiger partial charge < -0.3 is 20.3 Å². The normalized spacial score (nSPS) is 10.2. The number of benzene rings is 1. The van der Waals surface area contributed by atoms with E-state index in [2.05, 4.69) is 14.9 Å². The summed E-state index contributed by atoms with van der Waals surface area (Å²) in [5, 5.41) is 16.3. The average molecular weight is 263 g/mol. The van der Waals surface area contributed by atoms with Gasteiger partial charge in [0, 0.05) is 17.7 Å². The lowest BCUT2D eigenvalue weighted by Crippen LogP contribution is -2.03. The highest BCUT2D eigenvalue weighted by atomic mass is 16.5. The van der Waals surface area contributed by atoms with E-state index in [1.807, 2.05) is 0 Å². The van der Waals surface area contributed by atoms with Crippen LogP contribution in [0.4, 0.5) is 5.82 Å². The number of nitrogens with two attached hydrogens (primary N) is 1. The van der Waals surface area contributed by atoms with E-state index in [0.717, 1.165) is 0 Å². The summed E-state index contributed by atoms with van der Waals surface area (Å²) in [5.41, 5.74) is 6.69. The highest BCUT2D eigenvalue weighted by Crippen LogP contribution is 2.35. The molecule has 0 atom stereocenters. The first kappa shape index (κ1) is 12.7. The van der Waals surface area contributed by atoms with Gasteiger partial charge in [0.2, 0.25) is 0 Å². The number of anilines is 1. The van der Waals surface area contributed by atoms with Crippen LogP contribution in [0.25, 0.3) is 11.3 Å². The number of phenols is 1. The Hall–Kier alpha value is -2.70. The van der Waals surface area contributed by atoms with Crippen molar-refractivity contribution in [3.63, 3.8) is 0 Å². The van der Waals surface area contributed by atoms with Crippen molar-refractivity contribution in [1.29, 1.82) is 0 Å². The summed E-state index contributed by atoms with van der Waals surface area (Å²) in [6.45, 7) is 0. The quantitative estimate of drug-likeness (QED) is 0.717. The predicted molar refractivity (Wildman–Crippen MR) is 68.0 cm³/mol. The third-order valence-corrected chi connectivity index (χ3v) is 2.61. The van der Waals surface area contributed by atoms with Crippen molar-refractivity contribution >= 4 is 11.8 Å². The van der Waals surface area contributed by atoms with Gasteiger partial charge in [-0.15, -0.1) is 0 Å². The molecule has 2 aromatic rings. The molecule has 19 heavy (non-hydrogen) atoms. The van der Waals surface area contributed by atoms with Gasteiger partial charge in [-0.25, -0.2) is 4.79 Å². The van der Waals surface area contributed by atoms with Gasteiger partial charge in [-0.2, -0.15) is 5.10 Å². The molecule has 0 unspecified atom stereocenters. The zero-order valence-electron chi connectivity index (χ0n) is 10.4. The molecule has 0 amide bonds. The van der Waals surface area contributed by atoms with Crippen LogP contribution in [-0.4, -0.2) is 35.5 Å². The fraction of sp³-hybridized carbons (Fsp3) is 0.167. The first-order chi connectivity index (χ1) is 9.06. The van der Waals surface area contributed by atoms with Gasteiger partial charge in [0.1, 0.15) is 22.9 Å².